The molecule has 0 aliphatic carbocycles. The number of halogens is 3. The molecule has 0 bridgehead atoms. The van der Waals surface area contributed by atoms with Gasteiger partial charge >= 0.3 is 6.18 Å². The predicted octanol–water partition coefficient (Wildman–Crippen LogP) is 6.28. The number of pyridine rings is 2. The number of hydrogen-bond acceptors (Lipinski definition) is 4. The quantitative estimate of drug-likeness (QED) is 0.493. The fraction of sp³-hybridized carbons (Fsp3) is 0.250. The van der Waals surface area contributed by atoms with Gasteiger partial charge in [0.05, 0.1) is 17.4 Å². The minimum Gasteiger partial charge on any atom is -0.439 e. The Morgan fingerprint density at radius 2 is 1.84 bits per heavy atom. The largest absolute Gasteiger partial charge is 0.439 e. The molecule has 1 aliphatic rings. The third-order valence-electron chi connectivity index (χ3n) is 5.28. The summed E-state index contributed by atoms with van der Waals surface area (Å²) in [6.45, 7) is 3.76. The summed E-state index contributed by atoms with van der Waals surface area (Å²) in [5, 5.41) is 0. The van der Waals surface area contributed by atoms with Crippen molar-refractivity contribution in [3.05, 3.63) is 83.3 Å². The van der Waals surface area contributed by atoms with Crippen LogP contribution in [0.1, 0.15) is 29.5 Å². The highest BCUT2D eigenvalue weighted by atomic mass is 19.4. The Morgan fingerprint density at radius 3 is 2.48 bits per heavy atom. The lowest BCUT2D eigenvalue weighted by Crippen LogP contribution is -2.30. The molecule has 3 heterocycles. The van der Waals surface area contributed by atoms with E-state index in [1.165, 1.54) is 11.6 Å². The number of benzene rings is 1. The molecule has 1 saturated heterocycles. The van der Waals surface area contributed by atoms with Crippen molar-refractivity contribution in [2.24, 2.45) is 0 Å². The molecule has 1 aromatic carbocycles. The molecular formula is C24H22F3N3O. The zero-order valence-corrected chi connectivity index (χ0v) is 17.1. The molecule has 31 heavy (non-hydrogen) atoms. The molecule has 0 spiro atoms. The van der Waals surface area contributed by atoms with E-state index in [9.17, 15) is 13.2 Å². The van der Waals surface area contributed by atoms with Gasteiger partial charge in [-0.25, -0.2) is 4.98 Å². The van der Waals surface area contributed by atoms with Gasteiger partial charge in [-0.05, 0) is 55.2 Å². The molecule has 2 aromatic heterocycles. The Labute approximate surface area is 179 Å². The van der Waals surface area contributed by atoms with Crippen LogP contribution in [0.15, 0.2) is 66.6 Å². The van der Waals surface area contributed by atoms with E-state index in [2.05, 4.69) is 27.0 Å². The summed E-state index contributed by atoms with van der Waals surface area (Å²) in [6.07, 6.45) is 4.10. The summed E-state index contributed by atoms with van der Waals surface area (Å²) in [5.41, 5.74) is 3.57. The van der Waals surface area contributed by atoms with Gasteiger partial charge in [-0.15, -0.1) is 0 Å². The average Bonchev–Trinajstić information content (AvgIpc) is 2.77. The second-order valence-electron chi connectivity index (χ2n) is 7.51. The molecule has 0 atom stereocenters. The van der Waals surface area contributed by atoms with E-state index >= 15 is 0 Å². The van der Waals surface area contributed by atoms with Crippen LogP contribution in [0, 0.1) is 6.92 Å². The van der Waals surface area contributed by atoms with Crippen molar-refractivity contribution >= 4 is 11.8 Å². The van der Waals surface area contributed by atoms with Crippen LogP contribution in [0.5, 0.6) is 11.6 Å². The summed E-state index contributed by atoms with van der Waals surface area (Å²) >= 11 is 0. The Balaban J connectivity index is 1.44. The molecule has 0 saturated carbocycles. The van der Waals surface area contributed by atoms with Crippen molar-refractivity contribution in [2.75, 3.05) is 18.0 Å². The van der Waals surface area contributed by atoms with Gasteiger partial charge in [0.25, 0.3) is 0 Å². The van der Waals surface area contributed by atoms with E-state index in [-0.39, 0.29) is 5.88 Å². The Bertz CT molecular complexity index is 1050. The molecule has 0 N–H and O–H groups in total. The van der Waals surface area contributed by atoms with Crippen molar-refractivity contribution in [1.29, 1.82) is 0 Å². The lowest BCUT2D eigenvalue weighted by atomic mass is 10.00. The maximum absolute atomic E-state index is 12.7. The number of hydrogen-bond donors (Lipinski definition) is 0. The summed E-state index contributed by atoms with van der Waals surface area (Å²) < 4.78 is 43.9. The molecule has 1 fully saturated rings. The molecule has 0 radical (unpaired) electrons. The van der Waals surface area contributed by atoms with E-state index in [4.69, 9.17) is 4.74 Å². The van der Waals surface area contributed by atoms with Crippen molar-refractivity contribution < 1.29 is 17.9 Å². The zero-order chi connectivity index (χ0) is 21.8. The molecule has 160 valence electrons. The minimum atomic E-state index is -4.42. The molecule has 7 heteroatoms. The highest BCUT2D eigenvalue weighted by Gasteiger charge is 2.30. The van der Waals surface area contributed by atoms with Crippen LogP contribution in [-0.2, 0) is 6.18 Å². The number of piperidine rings is 1. The summed E-state index contributed by atoms with van der Waals surface area (Å²) in [7, 11) is 0. The van der Waals surface area contributed by atoms with Crippen LogP contribution < -0.4 is 9.64 Å². The van der Waals surface area contributed by atoms with Crippen molar-refractivity contribution in [2.45, 2.75) is 25.9 Å². The summed E-state index contributed by atoms with van der Waals surface area (Å²) in [6, 6.07) is 12.1. The van der Waals surface area contributed by atoms with E-state index in [0.717, 1.165) is 55.0 Å². The Morgan fingerprint density at radius 1 is 1.03 bits per heavy atom. The fourth-order valence-electron chi connectivity index (χ4n) is 3.51. The third-order valence-corrected chi connectivity index (χ3v) is 5.28. The van der Waals surface area contributed by atoms with Gasteiger partial charge in [0, 0.05) is 31.5 Å². The number of ether oxygens (including phenoxy) is 1. The molecule has 1 aliphatic heterocycles. The van der Waals surface area contributed by atoms with Gasteiger partial charge in [-0.3, -0.25) is 4.98 Å². The maximum atomic E-state index is 12.7. The van der Waals surface area contributed by atoms with Crippen LogP contribution >= 0.6 is 0 Å². The van der Waals surface area contributed by atoms with E-state index < -0.39 is 11.7 Å². The number of nitrogens with zero attached hydrogens (tertiary/aromatic N) is 3. The smallest absolute Gasteiger partial charge is 0.417 e. The first-order valence-corrected chi connectivity index (χ1v) is 10.0. The second-order valence-corrected chi connectivity index (χ2v) is 7.51. The lowest BCUT2D eigenvalue weighted by Gasteiger charge is -2.30. The first kappa shape index (κ1) is 20.9. The predicted molar refractivity (Wildman–Crippen MR) is 114 cm³/mol. The number of anilines is 1. The van der Waals surface area contributed by atoms with Gasteiger partial charge in [0.1, 0.15) is 5.75 Å². The number of aromatic nitrogens is 2. The van der Waals surface area contributed by atoms with Crippen molar-refractivity contribution in [3.8, 4) is 11.6 Å². The van der Waals surface area contributed by atoms with Gasteiger partial charge < -0.3 is 9.64 Å². The van der Waals surface area contributed by atoms with Gasteiger partial charge in [-0.2, -0.15) is 13.2 Å². The van der Waals surface area contributed by atoms with Crippen LogP contribution in [0.3, 0.4) is 0 Å². The highest BCUT2D eigenvalue weighted by Crippen LogP contribution is 2.31. The van der Waals surface area contributed by atoms with Gasteiger partial charge in [-0.1, -0.05) is 23.8 Å². The monoisotopic (exact) mass is 425 g/mol. The third kappa shape index (κ3) is 5.23. The first-order valence-electron chi connectivity index (χ1n) is 10.0. The fourth-order valence-corrected chi connectivity index (χ4v) is 3.51. The van der Waals surface area contributed by atoms with E-state index in [1.807, 2.05) is 37.4 Å². The van der Waals surface area contributed by atoms with Crippen LogP contribution in [-0.4, -0.2) is 23.1 Å². The second kappa shape index (κ2) is 8.79. The molecule has 0 amide bonds. The lowest BCUT2D eigenvalue weighted by molar-refractivity contribution is -0.137. The molecular weight excluding hydrogens is 403 g/mol. The SMILES string of the molecule is Cc1ccc(C=C2CCN(c3cccnc3)CC2)cc1Oc1ccc(C(F)(F)F)cn1. The normalized spacial score (nSPS) is 14.5. The average molecular weight is 425 g/mol. The van der Waals surface area contributed by atoms with Crippen molar-refractivity contribution in [3.63, 3.8) is 0 Å². The number of alkyl halides is 3. The summed E-state index contributed by atoms with van der Waals surface area (Å²) in [5.74, 6) is 0.708. The van der Waals surface area contributed by atoms with Gasteiger partial charge in [0.2, 0.25) is 5.88 Å². The van der Waals surface area contributed by atoms with E-state index in [0.29, 0.717) is 5.75 Å². The standard InChI is InChI=1S/C24H22F3N3O/c1-17-4-5-19(13-18-8-11-30(12-9-18)21-3-2-10-28-16-21)14-22(17)31-23-7-6-20(15-29-23)24(25,26)27/h2-7,10,13-16H,8-9,11-12H2,1H3. The molecule has 0 unspecified atom stereocenters. The zero-order valence-electron chi connectivity index (χ0n) is 17.1. The Hall–Kier alpha value is -3.35. The van der Waals surface area contributed by atoms with Crippen LogP contribution in [0.2, 0.25) is 0 Å². The highest BCUT2D eigenvalue weighted by molar-refractivity contribution is 5.58. The minimum absolute atomic E-state index is 0.130. The maximum Gasteiger partial charge on any atom is 0.417 e. The van der Waals surface area contributed by atoms with Gasteiger partial charge in [0.15, 0.2) is 0 Å². The topological polar surface area (TPSA) is 38.2 Å². The number of aryl methyl sites for hydroxylation is 1. The molecule has 4 rings (SSSR count). The summed E-state index contributed by atoms with van der Waals surface area (Å²) in [4.78, 5) is 10.3. The van der Waals surface area contributed by atoms with Crippen LogP contribution in [0.25, 0.3) is 6.08 Å². The number of rotatable bonds is 4. The Kier molecular flexibility index (Phi) is 5.93. The van der Waals surface area contributed by atoms with Crippen LogP contribution in [0.4, 0.5) is 18.9 Å². The first-order chi connectivity index (χ1) is 14.9. The van der Waals surface area contributed by atoms with E-state index in [1.54, 1.807) is 6.20 Å². The molecule has 3 aromatic rings. The van der Waals surface area contributed by atoms with Crippen molar-refractivity contribution in [1.82, 2.24) is 9.97 Å². The molecule has 4 nitrogen and oxygen atoms in total.